The largest absolute Gasteiger partial charge is 0.496 e. The van der Waals surface area contributed by atoms with Crippen LogP contribution in [0.15, 0.2) is 54.6 Å². The van der Waals surface area contributed by atoms with Gasteiger partial charge in [0.05, 0.1) is 7.11 Å². The topological polar surface area (TPSA) is 49.8 Å². The highest BCUT2D eigenvalue weighted by Crippen LogP contribution is 2.37. The summed E-state index contributed by atoms with van der Waals surface area (Å²) in [6, 6.07) is 18.0. The van der Waals surface area contributed by atoms with E-state index >= 15 is 0 Å². The molecular weight excluding hydrogens is 412 g/mol. The minimum atomic E-state index is -2.55. The number of rotatable bonds is 7. The van der Waals surface area contributed by atoms with Crippen LogP contribution in [0, 0.1) is 0 Å². The molecule has 1 aliphatic rings. The summed E-state index contributed by atoms with van der Waals surface area (Å²) in [5.41, 5.74) is 3.98. The fourth-order valence-corrected chi connectivity index (χ4v) is 4.43. The van der Waals surface area contributed by atoms with Crippen LogP contribution < -0.4 is 4.74 Å². The molecule has 1 saturated heterocycles. The smallest absolute Gasteiger partial charge is 0.303 e. The fraction of sp³-hybridized carbons (Fsp3) is 0.346. The van der Waals surface area contributed by atoms with Crippen molar-refractivity contribution in [1.82, 2.24) is 4.90 Å². The molecule has 0 spiro atoms. The van der Waals surface area contributed by atoms with Gasteiger partial charge in [-0.2, -0.15) is 0 Å². The average Bonchev–Trinajstić information content (AvgIpc) is 2.78. The Hall–Kier alpha value is -2.99. The summed E-state index contributed by atoms with van der Waals surface area (Å²) < 4.78 is 32.6. The van der Waals surface area contributed by atoms with Gasteiger partial charge in [-0.05, 0) is 46.0 Å². The normalized spacial score (nSPS) is 16.2. The minimum Gasteiger partial charge on any atom is -0.496 e. The van der Waals surface area contributed by atoms with Crippen LogP contribution in [0.4, 0.5) is 8.78 Å². The molecule has 1 N–H and O–H groups in total. The maximum Gasteiger partial charge on any atom is 0.303 e. The van der Waals surface area contributed by atoms with Gasteiger partial charge in [-0.15, -0.1) is 0 Å². The monoisotopic (exact) mass is 439 g/mol. The highest BCUT2D eigenvalue weighted by molar-refractivity contribution is 5.99. The standard InChI is InChI=1S/C26H27F2NO3/c1-32-24-10-8-18(17-29-14-12-26(27,28)13-15-29)16-23(24)22-7-3-5-20-19(9-11-25(30)31)4-2-6-21(20)22/h2-8,10,16H,9,11-15,17H2,1H3,(H,30,31). The lowest BCUT2D eigenvalue weighted by Gasteiger charge is -2.31. The third-order valence-electron chi connectivity index (χ3n) is 6.17. The number of benzene rings is 3. The Kier molecular flexibility index (Phi) is 6.42. The van der Waals surface area contributed by atoms with Crippen molar-refractivity contribution in [2.45, 2.75) is 38.2 Å². The van der Waals surface area contributed by atoms with E-state index in [4.69, 9.17) is 9.84 Å². The van der Waals surface area contributed by atoms with Gasteiger partial charge in [0.1, 0.15) is 5.75 Å². The molecule has 3 aromatic carbocycles. The molecule has 32 heavy (non-hydrogen) atoms. The molecule has 0 saturated carbocycles. The van der Waals surface area contributed by atoms with E-state index in [0.29, 0.717) is 26.1 Å². The van der Waals surface area contributed by atoms with E-state index in [9.17, 15) is 13.6 Å². The van der Waals surface area contributed by atoms with Gasteiger partial charge in [-0.25, -0.2) is 8.78 Å². The molecular formula is C26H27F2NO3. The maximum atomic E-state index is 13.5. The quantitative estimate of drug-likeness (QED) is 0.508. The molecule has 0 aliphatic carbocycles. The van der Waals surface area contributed by atoms with Crippen molar-refractivity contribution < 1.29 is 23.4 Å². The molecule has 1 heterocycles. The van der Waals surface area contributed by atoms with E-state index in [1.165, 1.54) is 0 Å². The Morgan fingerprint density at radius 2 is 1.75 bits per heavy atom. The van der Waals surface area contributed by atoms with Crippen molar-refractivity contribution in [3.63, 3.8) is 0 Å². The molecule has 0 atom stereocenters. The number of ether oxygens (including phenoxy) is 1. The number of likely N-dealkylation sites (tertiary alicyclic amines) is 1. The Balaban J connectivity index is 1.68. The van der Waals surface area contributed by atoms with Gasteiger partial charge >= 0.3 is 5.97 Å². The van der Waals surface area contributed by atoms with E-state index in [1.54, 1.807) is 7.11 Å². The molecule has 0 unspecified atom stereocenters. The lowest BCUT2D eigenvalue weighted by molar-refractivity contribution is -0.136. The Morgan fingerprint density at radius 3 is 2.47 bits per heavy atom. The predicted molar refractivity (Wildman–Crippen MR) is 121 cm³/mol. The first kappa shape index (κ1) is 22.2. The summed E-state index contributed by atoms with van der Waals surface area (Å²) >= 11 is 0. The number of aryl methyl sites for hydroxylation is 1. The van der Waals surface area contributed by atoms with E-state index in [2.05, 4.69) is 11.0 Å². The highest BCUT2D eigenvalue weighted by Gasteiger charge is 2.33. The van der Waals surface area contributed by atoms with Crippen molar-refractivity contribution in [2.24, 2.45) is 0 Å². The maximum absolute atomic E-state index is 13.5. The van der Waals surface area contributed by atoms with Crippen molar-refractivity contribution in [1.29, 1.82) is 0 Å². The van der Waals surface area contributed by atoms with Gasteiger partial charge in [-0.3, -0.25) is 9.69 Å². The van der Waals surface area contributed by atoms with E-state index in [-0.39, 0.29) is 19.3 Å². The summed E-state index contributed by atoms with van der Waals surface area (Å²) in [6.07, 6.45) is 0.348. The first-order chi connectivity index (χ1) is 15.4. The van der Waals surface area contributed by atoms with Crippen LogP contribution in [0.1, 0.15) is 30.4 Å². The van der Waals surface area contributed by atoms with Gasteiger partial charge in [0.15, 0.2) is 0 Å². The summed E-state index contributed by atoms with van der Waals surface area (Å²) in [4.78, 5) is 13.1. The Labute approximate surface area is 186 Å². The second kappa shape index (κ2) is 9.25. The van der Waals surface area contributed by atoms with Crippen LogP contribution in [0.2, 0.25) is 0 Å². The molecule has 4 rings (SSSR count). The molecule has 1 fully saturated rings. The van der Waals surface area contributed by atoms with Crippen LogP contribution in [-0.4, -0.2) is 42.1 Å². The predicted octanol–water partition coefficient (Wildman–Crippen LogP) is 5.76. The number of nitrogens with zero attached hydrogens (tertiary/aromatic N) is 1. The summed E-state index contributed by atoms with van der Waals surface area (Å²) in [5.74, 6) is -2.63. The summed E-state index contributed by atoms with van der Waals surface area (Å²) in [6.45, 7) is 1.38. The average molecular weight is 440 g/mol. The van der Waals surface area contributed by atoms with Crippen molar-refractivity contribution in [3.8, 4) is 16.9 Å². The van der Waals surface area contributed by atoms with Crippen molar-refractivity contribution >= 4 is 16.7 Å². The number of aliphatic carboxylic acids is 1. The SMILES string of the molecule is COc1ccc(CN2CCC(F)(F)CC2)cc1-c1cccc2c(CCC(=O)O)cccc12. The Morgan fingerprint density at radius 1 is 1.03 bits per heavy atom. The zero-order chi connectivity index (χ0) is 22.7. The molecule has 4 nitrogen and oxygen atoms in total. The molecule has 0 amide bonds. The minimum absolute atomic E-state index is 0.0804. The number of hydrogen-bond donors (Lipinski definition) is 1. The summed E-state index contributed by atoms with van der Waals surface area (Å²) in [7, 11) is 1.63. The number of carboxylic acid groups (broad SMARTS) is 1. The van der Waals surface area contributed by atoms with E-state index in [1.807, 2.05) is 48.5 Å². The van der Waals surface area contributed by atoms with E-state index < -0.39 is 11.9 Å². The van der Waals surface area contributed by atoms with Crippen molar-refractivity contribution in [3.05, 3.63) is 65.7 Å². The number of halogens is 2. The van der Waals surface area contributed by atoms with Crippen molar-refractivity contribution in [2.75, 3.05) is 20.2 Å². The summed E-state index contributed by atoms with van der Waals surface area (Å²) in [5, 5.41) is 11.1. The first-order valence-corrected chi connectivity index (χ1v) is 10.9. The lowest BCUT2D eigenvalue weighted by atomic mass is 9.93. The van der Waals surface area contributed by atoms with Crippen LogP contribution in [0.3, 0.4) is 0 Å². The second-order valence-electron chi connectivity index (χ2n) is 8.38. The molecule has 0 bridgehead atoms. The molecule has 6 heteroatoms. The number of piperidine rings is 1. The van der Waals surface area contributed by atoms with Gasteiger partial charge in [0.25, 0.3) is 5.92 Å². The van der Waals surface area contributed by atoms with Crippen LogP contribution >= 0.6 is 0 Å². The molecule has 1 aliphatic heterocycles. The molecule has 0 aromatic heterocycles. The fourth-order valence-electron chi connectivity index (χ4n) is 4.43. The highest BCUT2D eigenvalue weighted by atomic mass is 19.3. The molecule has 3 aromatic rings. The number of carbonyl (C=O) groups is 1. The lowest BCUT2D eigenvalue weighted by Crippen LogP contribution is -2.38. The van der Waals surface area contributed by atoms with Crippen LogP contribution in [0.5, 0.6) is 5.75 Å². The number of methoxy groups -OCH3 is 1. The Bertz CT molecular complexity index is 1120. The second-order valence-corrected chi connectivity index (χ2v) is 8.38. The third kappa shape index (κ3) is 4.91. The number of hydrogen-bond acceptors (Lipinski definition) is 3. The van der Waals surface area contributed by atoms with Crippen LogP contribution in [-0.2, 0) is 17.8 Å². The third-order valence-corrected chi connectivity index (χ3v) is 6.17. The van der Waals surface area contributed by atoms with E-state index in [0.717, 1.165) is 38.8 Å². The number of carboxylic acids is 1. The van der Waals surface area contributed by atoms with Crippen LogP contribution in [0.25, 0.3) is 21.9 Å². The zero-order valence-corrected chi connectivity index (χ0v) is 18.1. The zero-order valence-electron chi connectivity index (χ0n) is 18.1. The molecule has 168 valence electrons. The van der Waals surface area contributed by atoms with Gasteiger partial charge in [0, 0.05) is 44.5 Å². The number of fused-ring (bicyclic) bond motifs is 1. The van der Waals surface area contributed by atoms with Gasteiger partial charge in [0.2, 0.25) is 0 Å². The first-order valence-electron chi connectivity index (χ1n) is 10.9. The van der Waals surface area contributed by atoms with Gasteiger partial charge in [-0.1, -0.05) is 42.5 Å². The van der Waals surface area contributed by atoms with Gasteiger partial charge < -0.3 is 9.84 Å². The number of alkyl halides is 2. The molecule has 0 radical (unpaired) electrons.